The molecule has 0 spiro atoms. The Bertz CT molecular complexity index is 1320. The Morgan fingerprint density at radius 1 is 1.03 bits per heavy atom. The Kier molecular flexibility index (Phi) is 6.27. The molecule has 2 N–H and O–H groups in total. The number of pyridine rings is 1. The van der Waals surface area contributed by atoms with Gasteiger partial charge in [-0.1, -0.05) is 13.0 Å². The predicted octanol–water partition coefficient (Wildman–Crippen LogP) is 3.49. The van der Waals surface area contributed by atoms with Crippen molar-refractivity contribution in [2.75, 3.05) is 42.3 Å². The van der Waals surface area contributed by atoms with Crippen LogP contribution < -0.4 is 9.62 Å². The van der Waals surface area contributed by atoms with E-state index in [1.54, 1.807) is 36.4 Å². The Morgan fingerprint density at radius 3 is 2.39 bits per heavy atom. The molecule has 1 fully saturated rings. The van der Waals surface area contributed by atoms with Crippen molar-refractivity contribution in [3.8, 4) is 0 Å². The summed E-state index contributed by atoms with van der Waals surface area (Å²) in [5, 5.41) is 10.2. The first kappa shape index (κ1) is 23.0. The van der Waals surface area contributed by atoms with Gasteiger partial charge in [0.2, 0.25) is 0 Å². The van der Waals surface area contributed by atoms with Crippen LogP contribution in [0, 0.1) is 13.8 Å². The van der Waals surface area contributed by atoms with Crippen molar-refractivity contribution in [1.82, 2.24) is 9.88 Å². The maximum absolute atomic E-state index is 12.9. The predicted molar refractivity (Wildman–Crippen MR) is 130 cm³/mol. The van der Waals surface area contributed by atoms with Crippen LogP contribution in [0.3, 0.4) is 0 Å². The standard InChI is InChI=1S/C24H28N4O4S/c1-4-27-9-11-28(12-10-27)23-15-21(24(29)30)20-14-18(6-8-22(20)25-23)26-33(31,32)19-7-5-16(2)17(3)13-19/h5-8,13-15,26H,4,9-12H2,1-3H3,(H,29,30). The number of fused-ring (bicyclic) bond motifs is 1. The number of carboxylic acid groups (broad SMARTS) is 1. The van der Waals surface area contributed by atoms with Gasteiger partial charge in [0, 0.05) is 37.3 Å². The molecule has 0 amide bonds. The van der Waals surface area contributed by atoms with Crippen LogP contribution in [0.25, 0.3) is 10.9 Å². The summed E-state index contributed by atoms with van der Waals surface area (Å²) in [6.45, 7) is 10.2. The van der Waals surface area contributed by atoms with Crippen molar-refractivity contribution < 1.29 is 18.3 Å². The highest BCUT2D eigenvalue weighted by Crippen LogP contribution is 2.28. The number of nitrogens with one attached hydrogen (secondary N) is 1. The molecule has 0 radical (unpaired) electrons. The number of rotatable bonds is 6. The molecule has 0 bridgehead atoms. The third-order valence-corrected chi connectivity index (χ3v) is 7.59. The fraction of sp³-hybridized carbons (Fsp3) is 0.333. The van der Waals surface area contributed by atoms with E-state index < -0.39 is 16.0 Å². The second kappa shape index (κ2) is 8.99. The fourth-order valence-corrected chi connectivity index (χ4v) is 5.14. The van der Waals surface area contributed by atoms with Gasteiger partial charge in [0.1, 0.15) is 5.82 Å². The van der Waals surface area contributed by atoms with Gasteiger partial charge in [-0.05, 0) is 67.9 Å². The first-order valence-electron chi connectivity index (χ1n) is 10.9. The summed E-state index contributed by atoms with van der Waals surface area (Å²) < 4.78 is 28.3. The van der Waals surface area contributed by atoms with Crippen LogP contribution >= 0.6 is 0 Å². The molecular formula is C24H28N4O4S. The summed E-state index contributed by atoms with van der Waals surface area (Å²) in [6, 6.07) is 11.3. The molecule has 3 aromatic rings. The molecule has 9 heteroatoms. The number of benzene rings is 2. The van der Waals surface area contributed by atoms with Gasteiger partial charge in [-0.3, -0.25) is 4.72 Å². The van der Waals surface area contributed by atoms with Crippen LogP contribution in [0.4, 0.5) is 11.5 Å². The van der Waals surface area contributed by atoms with Crippen LogP contribution in [0.2, 0.25) is 0 Å². The first-order valence-corrected chi connectivity index (χ1v) is 12.4. The lowest BCUT2D eigenvalue weighted by Crippen LogP contribution is -2.46. The Balaban J connectivity index is 1.67. The topological polar surface area (TPSA) is 103 Å². The van der Waals surface area contributed by atoms with Crippen LogP contribution in [-0.2, 0) is 10.0 Å². The molecule has 0 aliphatic carbocycles. The minimum Gasteiger partial charge on any atom is -0.478 e. The van der Waals surface area contributed by atoms with E-state index in [1.807, 2.05) is 13.8 Å². The summed E-state index contributed by atoms with van der Waals surface area (Å²) in [7, 11) is -3.82. The van der Waals surface area contributed by atoms with Gasteiger partial charge in [-0.15, -0.1) is 0 Å². The quantitative estimate of drug-likeness (QED) is 0.571. The SMILES string of the molecule is CCN1CCN(c2cc(C(=O)O)c3cc(NS(=O)(=O)c4ccc(C)c(C)c4)ccc3n2)CC1. The molecule has 2 aromatic carbocycles. The molecule has 0 unspecified atom stereocenters. The average molecular weight is 469 g/mol. The number of aromatic carboxylic acids is 1. The zero-order valence-electron chi connectivity index (χ0n) is 19.0. The van der Waals surface area contributed by atoms with Crippen LogP contribution in [0.15, 0.2) is 47.4 Å². The van der Waals surface area contributed by atoms with Gasteiger partial charge in [0.25, 0.3) is 10.0 Å². The number of nitrogens with zero attached hydrogens (tertiary/aromatic N) is 3. The largest absolute Gasteiger partial charge is 0.478 e. The number of sulfonamides is 1. The molecule has 0 atom stereocenters. The van der Waals surface area contributed by atoms with Gasteiger partial charge in [-0.2, -0.15) is 0 Å². The van der Waals surface area contributed by atoms with E-state index >= 15 is 0 Å². The van der Waals surface area contributed by atoms with Crippen LogP contribution in [0.1, 0.15) is 28.4 Å². The van der Waals surface area contributed by atoms with Gasteiger partial charge in [-0.25, -0.2) is 18.2 Å². The lowest BCUT2D eigenvalue weighted by Gasteiger charge is -2.35. The summed E-state index contributed by atoms with van der Waals surface area (Å²) >= 11 is 0. The highest BCUT2D eigenvalue weighted by Gasteiger charge is 2.21. The maximum Gasteiger partial charge on any atom is 0.336 e. The van der Waals surface area contributed by atoms with Crippen molar-refractivity contribution in [2.24, 2.45) is 0 Å². The zero-order valence-corrected chi connectivity index (χ0v) is 19.8. The number of aromatic nitrogens is 1. The van der Waals surface area contributed by atoms with Gasteiger partial charge in [0.15, 0.2) is 0 Å². The molecule has 4 rings (SSSR count). The Hall–Kier alpha value is -3.17. The average Bonchev–Trinajstić information content (AvgIpc) is 2.79. The van der Waals surface area contributed by atoms with E-state index in [-0.39, 0.29) is 16.1 Å². The summed E-state index contributed by atoms with van der Waals surface area (Å²) in [5.74, 6) is -0.455. The van der Waals surface area contributed by atoms with E-state index in [0.717, 1.165) is 43.9 Å². The molecule has 0 saturated carbocycles. The van der Waals surface area contributed by atoms with E-state index in [1.165, 1.54) is 6.07 Å². The molecular weight excluding hydrogens is 440 g/mol. The zero-order chi connectivity index (χ0) is 23.8. The number of aryl methyl sites for hydroxylation is 2. The van der Waals surface area contributed by atoms with Crippen LogP contribution in [-0.4, -0.2) is 62.1 Å². The number of carboxylic acids is 1. The second-order valence-electron chi connectivity index (χ2n) is 8.34. The number of likely N-dealkylation sites (N-methyl/N-ethyl adjacent to an activating group) is 1. The maximum atomic E-state index is 12.9. The highest BCUT2D eigenvalue weighted by atomic mass is 32.2. The molecule has 1 saturated heterocycles. The van der Waals surface area contributed by atoms with Crippen molar-refractivity contribution >= 4 is 38.4 Å². The van der Waals surface area contributed by atoms with E-state index in [4.69, 9.17) is 0 Å². The van der Waals surface area contributed by atoms with Crippen molar-refractivity contribution in [3.63, 3.8) is 0 Å². The number of anilines is 2. The summed E-state index contributed by atoms with van der Waals surface area (Å²) in [4.78, 5) is 21.3. The Labute approximate surface area is 193 Å². The first-order chi connectivity index (χ1) is 15.7. The molecule has 1 aliphatic rings. The summed E-state index contributed by atoms with van der Waals surface area (Å²) in [5.41, 5.74) is 2.77. The fourth-order valence-electron chi connectivity index (χ4n) is 4.00. The normalized spacial score (nSPS) is 15.1. The van der Waals surface area contributed by atoms with Crippen molar-refractivity contribution in [2.45, 2.75) is 25.7 Å². The molecule has 8 nitrogen and oxygen atoms in total. The monoisotopic (exact) mass is 468 g/mol. The molecule has 2 heterocycles. The number of piperazine rings is 1. The third-order valence-electron chi connectivity index (χ3n) is 6.21. The number of carbonyl (C=O) groups is 1. The smallest absolute Gasteiger partial charge is 0.336 e. The molecule has 1 aliphatic heterocycles. The van der Waals surface area contributed by atoms with E-state index in [0.29, 0.717) is 16.7 Å². The number of hydrogen-bond acceptors (Lipinski definition) is 6. The second-order valence-corrected chi connectivity index (χ2v) is 10.0. The lowest BCUT2D eigenvalue weighted by atomic mass is 10.1. The molecule has 33 heavy (non-hydrogen) atoms. The van der Waals surface area contributed by atoms with Crippen LogP contribution in [0.5, 0.6) is 0 Å². The summed E-state index contributed by atoms with van der Waals surface area (Å²) in [6.07, 6.45) is 0. The lowest BCUT2D eigenvalue weighted by molar-refractivity contribution is 0.0699. The minimum atomic E-state index is -3.82. The molecule has 1 aromatic heterocycles. The van der Waals surface area contributed by atoms with E-state index in [2.05, 4.69) is 26.4 Å². The Morgan fingerprint density at radius 2 is 1.76 bits per heavy atom. The van der Waals surface area contributed by atoms with Crippen molar-refractivity contribution in [3.05, 3.63) is 59.2 Å². The van der Waals surface area contributed by atoms with Gasteiger partial charge >= 0.3 is 5.97 Å². The third kappa shape index (κ3) is 4.79. The van der Waals surface area contributed by atoms with E-state index in [9.17, 15) is 18.3 Å². The minimum absolute atomic E-state index is 0.0974. The highest BCUT2D eigenvalue weighted by molar-refractivity contribution is 7.92. The molecule has 174 valence electrons. The van der Waals surface area contributed by atoms with Gasteiger partial charge < -0.3 is 14.9 Å². The van der Waals surface area contributed by atoms with Gasteiger partial charge in [0.05, 0.1) is 16.0 Å². The van der Waals surface area contributed by atoms with Crippen molar-refractivity contribution in [1.29, 1.82) is 0 Å². The number of hydrogen-bond donors (Lipinski definition) is 2.